The molecule has 2 aromatic rings. The highest BCUT2D eigenvalue weighted by atomic mass is 16.2. The molecule has 1 saturated heterocycles. The molecule has 2 aliphatic rings. The summed E-state index contributed by atoms with van der Waals surface area (Å²) in [6.45, 7) is 3.67. The first kappa shape index (κ1) is 15.3. The highest BCUT2D eigenvalue weighted by Crippen LogP contribution is 2.55. The van der Waals surface area contributed by atoms with Crippen LogP contribution in [0.3, 0.4) is 0 Å². The predicted molar refractivity (Wildman–Crippen MR) is 89.5 cm³/mol. The number of likely N-dealkylation sites (tertiary alicyclic amines) is 1. The van der Waals surface area contributed by atoms with E-state index in [1.807, 2.05) is 4.90 Å². The first-order chi connectivity index (χ1) is 11.7. The molecule has 4 rings (SSSR count). The van der Waals surface area contributed by atoms with Crippen molar-refractivity contribution in [3.8, 4) is 0 Å². The Hall–Kier alpha value is -2.24. The number of hydrogen-bond donors (Lipinski definition) is 1. The van der Waals surface area contributed by atoms with E-state index in [2.05, 4.69) is 22.1 Å². The van der Waals surface area contributed by atoms with Crippen molar-refractivity contribution < 1.29 is 4.79 Å². The van der Waals surface area contributed by atoms with E-state index in [0.29, 0.717) is 12.1 Å². The molecule has 1 atom stereocenters. The predicted octanol–water partition coefficient (Wildman–Crippen LogP) is 2.56. The number of rotatable bonds is 4. The number of aromatic nitrogens is 4. The molecule has 6 nitrogen and oxygen atoms in total. The van der Waals surface area contributed by atoms with Crippen molar-refractivity contribution in [2.24, 2.45) is 5.41 Å². The van der Waals surface area contributed by atoms with Gasteiger partial charge in [0.25, 0.3) is 5.91 Å². The number of amides is 1. The fourth-order valence-electron chi connectivity index (χ4n) is 4.11. The molecular weight excluding hydrogens is 302 g/mol. The highest BCUT2D eigenvalue weighted by Gasteiger charge is 2.53. The van der Waals surface area contributed by atoms with Gasteiger partial charge < -0.3 is 4.90 Å². The Morgan fingerprint density at radius 3 is 2.83 bits per heavy atom. The van der Waals surface area contributed by atoms with Gasteiger partial charge >= 0.3 is 0 Å². The molecule has 3 heterocycles. The van der Waals surface area contributed by atoms with Crippen molar-refractivity contribution in [3.05, 3.63) is 41.7 Å². The van der Waals surface area contributed by atoms with Crippen LogP contribution in [0, 0.1) is 5.41 Å². The number of nitrogens with zero attached hydrogens (tertiary/aromatic N) is 4. The van der Waals surface area contributed by atoms with Crippen LogP contribution in [-0.4, -0.2) is 44.1 Å². The monoisotopic (exact) mass is 325 g/mol. The standard InChI is InChI=1S/C18H23N5O/c1-2-4-15-20-16(22-21-15)14-11-23(12-18(14)7-3-8-18)17(24)13-5-9-19-10-6-13/h5-6,9-10,14H,2-4,7-8,11-12H2,1H3,(H,20,21,22). The molecule has 2 aromatic heterocycles. The van der Waals surface area contributed by atoms with Gasteiger partial charge in [0, 0.05) is 43.4 Å². The Bertz CT molecular complexity index is 722. The van der Waals surface area contributed by atoms with E-state index in [-0.39, 0.29) is 17.2 Å². The average Bonchev–Trinajstić information content (AvgIpc) is 3.19. The summed E-state index contributed by atoms with van der Waals surface area (Å²) in [4.78, 5) is 23.5. The minimum atomic E-state index is 0.0930. The number of aromatic amines is 1. The van der Waals surface area contributed by atoms with Gasteiger partial charge in [-0.2, -0.15) is 5.10 Å². The molecule has 1 spiro atoms. The lowest BCUT2D eigenvalue weighted by Crippen LogP contribution is -2.38. The van der Waals surface area contributed by atoms with Gasteiger partial charge in [-0.1, -0.05) is 13.3 Å². The van der Waals surface area contributed by atoms with Crippen molar-refractivity contribution in [2.45, 2.75) is 44.9 Å². The van der Waals surface area contributed by atoms with Gasteiger partial charge in [0.15, 0.2) is 5.82 Å². The largest absolute Gasteiger partial charge is 0.337 e. The van der Waals surface area contributed by atoms with Gasteiger partial charge in [0.05, 0.1) is 0 Å². The number of nitrogens with one attached hydrogen (secondary N) is 1. The zero-order valence-corrected chi connectivity index (χ0v) is 14.0. The van der Waals surface area contributed by atoms with Gasteiger partial charge in [0.1, 0.15) is 5.82 Å². The van der Waals surface area contributed by atoms with Crippen LogP contribution >= 0.6 is 0 Å². The SMILES string of the molecule is CCCc1nc(C2CN(C(=O)c3ccncc3)CC23CCC3)n[nH]1. The van der Waals surface area contributed by atoms with E-state index >= 15 is 0 Å². The number of carbonyl (C=O) groups is 1. The van der Waals surface area contributed by atoms with Crippen LogP contribution in [0.2, 0.25) is 0 Å². The summed E-state index contributed by atoms with van der Waals surface area (Å²) in [7, 11) is 0. The van der Waals surface area contributed by atoms with Crippen molar-refractivity contribution in [1.82, 2.24) is 25.1 Å². The number of pyridine rings is 1. The van der Waals surface area contributed by atoms with Gasteiger partial charge in [-0.3, -0.25) is 14.9 Å². The summed E-state index contributed by atoms with van der Waals surface area (Å²) in [6.07, 6.45) is 8.88. The van der Waals surface area contributed by atoms with E-state index in [0.717, 1.165) is 43.9 Å². The number of carbonyl (C=O) groups excluding carboxylic acids is 1. The van der Waals surface area contributed by atoms with Crippen LogP contribution in [0.25, 0.3) is 0 Å². The van der Waals surface area contributed by atoms with Crippen LogP contribution < -0.4 is 0 Å². The van der Waals surface area contributed by atoms with Gasteiger partial charge in [-0.25, -0.2) is 4.98 Å². The Morgan fingerprint density at radius 1 is 1.38 bits per heavy atom. The molecule has 1 saturated carbocycles. The second-order valence-corrected chi connectivity index (χ2v) is 7.08. The minimum Gasteiger partial charge on any atom is -0.337 e. The summed E-state index contributed by atoms with van der Waals surface area (Å²) < 4.78 is 0. The normalized spacial score (nSPS) is 21.9. The molecule has 1 aliphatic carbocycles. The number of aryl methyl sites for hydroxylation is 1. The van der Waals surface area contributed by atoms with Crippen molar-refractivity contribution in [2.75, 3.05) is 13.1 Å². The lowest BCUT2D eigenvalue weighted by atomic mass is 9.62. The molecule has 24 heavy (non-hydrogen) atoms. The van der Waals surface area contributed by atoms with Gasteiger partial charge in [-0.15, -0.1) is 0 Å². The smallest absolute Gasteiger partial charge is 0.254 e. The lowest BCUT2D eigenvalue weighted by molar-refractivity contribution is 0.0724. The molecule has 1 aliphatic heterocycles. The van der Waals surface area contributed by atoms with E-state index < -0.39 is 0 Å². The maximum absolute atomic E-state index is 12.8. The van der Waals surface area contributed by atoms with Crippen LogP contribution in [0.1, 0.15) is 60.5 Å². The third-order valence-corrected chi connectivity index (χ3v) is 5.56. The van der Waals surface area contributed by atoms with E-state index in [1.54, 1.807) is 24.5 Å². The summed E-state index contributed by atoms with van der Waals surface area (Å²) in [5, 5.41) is 7.55. The Morgan fingerprint density at radius 2 is 2.17 bits per heavy atom. The molecule has 0 aromatic carbocycles. The van der Waals surface area contributed by atoms with E-state index in [4.69, 9.17) is 4.98 Å². The van der Waals surface area contributed by atoms with Crippen molar-refractivity contribution in [1.29, 1.82) is 0 Å². The highest BCUT2D eigenvalue weighted by molar-refractivity contribution is 5.94. The van der Waals surface area contributed by atoms with E-state index in [9.17, 15) is 4.79 Å². The molecule has 6 heteroatoms. The average molecular weight is 325 g/mol. The zero-order chi connectivity index (χ0) is 16.6. The quantitative estimate of drug-likeness (QED) is 0.937. The van der Waals surface area contributed by atoms with Crippen LogP contribution in [0.4, 0.5) is 0 Å². The minimum absolute atomic E-state index is 0.0930. The second kappa shape index (κ2) is 6.00. The summed E-state index contributed by atoms with van der Waals surface area (Å²) >= 11 is 0. The zero-order valence-electron chi connectivity index (χ0n) is 14.0. The molecule has 0 radical (unpaired) electrons. The second-order valence-electron chi connectivity index (χ2n) is 7.08. The van der Waals surface area contributed by atoms with Crippen LogP contribution in [0.5, 0.6) is 0 Å². The first-order valence-electron chi connectivity index (χ1n) is 8.82. The van der Waals surface area contributed by atoms with Gasteiger partial charge in [-0.05, 0) is 36.8 Å². The van der Waals surface area contributed by atoms with Crippen LogP contribution in [0.15, 0.2) is 24.5 Å². The summed E-state index contributed by atoms with van der Waals surface area (Å²) in [5.41, 5.74) is 0.885. The molecule has 2 fully saturated rings. The molecule has 1 unspecified atom stereocenters. The molecule has 126 valence electrons. The van der Waals surface area contributed by atoms with Crippen molar-refractivity contribution in [3.63, 3.8) is 0 Å². The van der Waals surface area contributed by atoms with E-state index in [1.165, 1.54) is 6.42 Å². The van der Waals surface area contributed by atoms with Crippen molar-refractivity contribution >= 4 is 5.91 Å². The molecule has 1 N–H and O–H groups in total. The molecule has 1 amide bonds. The Balaban J connectivity index is 1.57. The number of hydrogen-bond acceptors (Lipinski definition) is 4. The third-order valence-electron chi connectivity index (χ3n) is 5.56. The van der Waals surface area contributed by atoms with Gasteiger partial charge in [0.2, 0.25) is 0 Å². The maximum Gasteiger partial charge on any atom is 0.254 e. The Kier molecular flexibility index (Phi) is 3.82. The first-order valence-corrected chi connectivity index (χ1v) is 8.82. The fourth-order valence-corrected chi connectivity index (χ4v) is 4.11. The molecular formula is C18H23N5O. The summed E-state index contributed by atoms with van der Waals surface area (Å²) in [6, 6.07) is 3.57. The topological polar surface area (TPSA) is 74.8 Å². The molecule has 0 bridgehead atoms. The summed E-state index contributed by atoms with van der Waals surface area (Å²) in [5.74, 6) is 2.19. The number of H-pyrrole nitrogens is 1. The Labute approximate surface area is 141 Å². The fraction of sp³-hybridized carbons (Fsp3) is 0.556. The maximum atomic E-state index is 12.8. The third kappa shape index (κ3) is 2.50. The lowest BCUT2D eigenvalue weighted by Gasteiger charge is -2.41. The van der Waals surface area contributed by atoms with Crippen LogP contribution in [-0.2, 0) is 6.42 Å².